The van der Waals surface area contributed by atoms with Gasteiger partial charge in [-0.15, -0.1) is 0 Å². The van der Waals surface area contributed by atoms with Gasteiger partial charge in [-0.1, -0.05) is 0 Å². The van der Waals surface area contributed by atoms with Gasteiger partial charge >= 0.3 is 0 Å². The molecule has 1 saturated heterocycles. The van der Waals surface area contributed by atoms with Crippen molar-refractivity contribution >= 4 is 17.8 Å². The monoisotopic (exact) mass is 285 g/mol. The lowest BCUT2D eigenvalue weighted by atomic mass is 10.1. The van der Waals surface area contributed by atoms with E-state index in [1.54, 1.807) is 12.4 Å². The quantitative estimate of drug-likeness (QED) is 0.881. The van der Waals surface area contributed by atoms with Crippen LogP contribution in [0.25, 0.3) is 0 Å². The summed E-state index contributed by atoms with van der Waals surface area (Å²) >= 11 is 0. The Bertz CT molecular complexity index is 596. The summed E-state index contributed by atoms with van der Waals surface area (Å²) in [4.78, 5) is 19.0. The van der Waals surface area contributed by atoms with Crippen molar-refractivity contribution in [1.82, 2.24) is 19.9 Å². The number of pyridine rings is 1. The van der Waals surface area contributed by atoms with Crippen LogP contribution in [0.5, 0.6) is 0 Å². The zero-order valence-corrected chi connectivity index (χ0v) is 12.0. The molecule has 1 unspecified atom stereocenters. The number of anilines is 3. The van der Waals surface area contributed by atoms with E-state index in [0.29, 0.717) is 11.9 Å². The number of nitrogens with two attached hydrogens (primary N) is 1. The van der Waals surface area contributed by atoms with Crippen LogP contribution in [0.1, 0.15) is 31.4 Å². The molecule has 0 aromatic carbocycles. The van der Waals surface area contributed by atoms with Gasteiger partial charge in [0.2, 0.25) is 17.8 Å². The minimum Gasteiger partial charge on any atom is -0.368 e. The van der Waals surface area contributed by atoms with E-state index in [2.05, 4.69) is 30.2 Å². The minimum absolute atomic E-state index is 0.0706. The molecule has 3 heterocycles. The maximum Gasteiger partial charge on any atom is 0.231 e. The van der Waals surface area contributed by atoms with Crippen molar-refractivity contribution in [2.24, 2.45) is 0 Å². The zero-order valence-electron chi connectivity index (χ0n) is 12.0. The number of hydrogen-bond acceptors (Lipinski definition) is 7. The molecular weight excluding hydrogens is 266 g/mol. The molecule has 3 rings (SSSR count). The molecule has 1 atom stereocenters. The third-order valence-electron chi connectivity index (χ3n) is 3.58. The van der Waals surface area contributed by atoms with Gasteiger partial charge < -0.3 is 16.0 Å². The molecule has 0 spiro atoms. The maximum atomic E-state index is 5.80. The normalized spacial score (nSPS) is 16.0. The molecule has 0 aliphatic carbocycles. The summed E-state index contributed by atoms with van der Waals surface area (Å²) in [6.45, 7) is 4.00. The predicted octanol–water partition coefficient (Wildman–Crippen LogP) is 1.62. The zero-order chi connectivity index (χ0) is 14.7. The van der Waals surface area contributed by atoms with Crippen molar-refractivity contribution < 1.29 is 0 Å². The summed E-state index contributed by atoms with van der Waals surface area (Å²) in [6, 6.07) is 3.99. The average molecular weight is 285 g/mol. The Morgan fingerprint density at radius 3 is 2.57 bits per heavy atom. The van der Waals surface area contributed by atoms with Gasteiger partial charge in [0.15, 0.2) is 0 Å². The number of nitrogen functional groups attached to an aromatic ring is 1. The molecule has 3 N–H and O–H groups in total. The second kappa shape index (κ2) is 5.90. The van der Waals surface area contributed by atoms with E-state index in [4.69, 9.17) is 5.73 Å². The summed E-state index contributed by atoms with van der Waals surface area (Å²) < 4.78 is 0. The molecule has 0 radical (unpaired) electrons. The third-order valence-corrected chi connectivity index (χ3v) is 3.58. The molecule has 21 heavy (non-hydrogen) atoms. The fraction of sp³-hybridized carbons (Fsp3) is 0.429. The molecule has 2 aromatic heterocycles. The molecule has 2 aromatic rings. The van der Waals surface area contributed by atoms with E-state index in [0.717, 1.165) is 18.7 Å². The highest BCUT2D eigenvalue weighted by atomic mass is 15.3. The van der Waals surface area contributed by atoms with Crippen LogP contribution in [0.3, 0.4) is 0 Å². The lowest BCUT2D eigenvalue weighted by molar-refractivity contribution is 0.835. The topological polar surface area (TPSA) is 92.8 Å². The molecule has 0 amide bonds. The van der Waals surface area contributed by atoms with Crippen molar-refractivity contribution in [1.29, 1.82) is 0 Å². The van der Waals surface area contributed by atoms with Gasteiger partial charge in [-0.3, -0.25) is 4.98 Å². The van der Waals surface area contributed by atoms with Crippen molar-refractivity contribution in [2.75, 3.05) is 29.0 Å². The Hall–Kier alpha value is -2.44. The SMILES string of the molecule is CC(Nc1nc(N)nc(N2CCCC2)n1)c1ccncc1. The van der Waals surface area contributed by atoms with Gasteiger partial charge in [0.1, 0.15) is 0 Å². The van der Waals surface area contributed by atoms with Crippen LogP contribution in [-0.2, 0) is 0 Å². The second-order valence-corrected chi connectivity index (χ2v) is 5.16. The highest BCUT2D eigenvalue weighted by molar-refractivity contribution is 5.43. The van der Waals surface area contributed by atoms with Crippen molar-refractivity contribution in [3.05, 3.63) is 30.1 Å². The highest BCUT2D eigenvalue weighted by Gasteiger charge is 2.17. The lowest BCUT2D eigenvalue weighted by Crippen LogP contribution is -2.22. The molecule has 1 aliphatic rings. The fourth-order valence-electron chi connectivity index (χ4n) is 2.43. The Kier molecular flexibility index (Phi) is 3.81. The predicted molar refractivity (Wildman–Crippen MR) is 82.0 cm³/mol. The van der Waals surface area contributed by atoms with E-state index < -0.39 is 0 Å². The van der Waals surface area contributed by atoms with Crippen LogP contribution in [-0.4, -0.2) is 33.0 Å². The largest absolute Gasteiger partial charge is 0.368 e. The number of aromatic nitrogens is 4. The smallest absolute Gasteiger partial charge is 0.231 e. The number of nitrogens with zero attached hydrogens (tertiary/aromatic N) is 5. The number of nitrogens with one attached hydrogen (secondary N) is 1. The first-order valence-corrected chi connectivity index (χ1v) is 7.15. The standard InChI is InChI=1S/C14H19N7/c1-10(11-4-6-16-7-5-11)17-13-18-12(15)19-14(20-13)21-8-2-3-9-21/h4-7,10H,2-3,8-9H2,1H3,(H3,15,17,18,19,20). The van der Waals surface area contributed by atoms with Crippen LogP contribution in [0.4, 0.5) is 17.8 Å². The molecule has 7 nitrogen and oxygen atoms in total. The van der Waals surface area contributed by atoms with Crippen LogP contribution < -0.4 is 16.0 Å². The van der Waals surface area contributed by atoms with Crippen LogP contribution in [0.15, 0.2) is 24.5 Å². The van der Waals surface area contributed by atoms with Crippen molar-refractivity contribution in [3.63, 3.8) is 0 Å². The van der Waals surface area contributed by atoms with Crippen molar-refractivity contribution in [2.45, 2.75) is 25.8 Å². The Balaban J connectivity index is 1.78. The summed E-state index contributed by atoms with van der Waals surface area (Å²) in [6.07, 6.45) is 5.87. The van der Waals surface area contributed by atoms with Gasteiger partial charge in [0, 0.05) is 25.5 Å². The second-order valence-electron chi connectivity index (χ2n) is 5.16. The van der Waals surface area contributed by atoms with E-state index in [1.165, 1.54) is 12.8 Å². The molecular formula is C14H19N7. The van der Waals surface area contributed by atoms with Crippen LogP contribution in [0.2, 0.25) is 0 Å². The summed E-state index contributed by atoms with van der Waals surface area (Å²) in [5.41, 5.74) is 6.92. The van der Waals surface area contributed by atoms with E-state index >= 15 is 0 Å². The Labute approximate surface area is 123 Å². The summed E-state index contributed by atoms with van der Waals surface area (Å²) in [5, 5.41) is 3.27. The number of rotatable bonds is 4. The van der Waals surface area contributed by atoms with E-state index in [-0.39, 0.29) is 12.0 Å². The molecule has 0 bridgehead atoms. The van der Waals surface area contributed by atoms with Crippen LogP contribution in [0, 0.1) is 0 Å². The maximum absolute atomic E-state index is 5.80. The molecule has 0 saturated carbocycles. The minimum atomic E-state index is 0.0706. The highest BCUT2D eigenvalue weighted by Crippen LogP contribution is 2.20. The molecule has 1 aliphatic heterocycles. The molecule has 1 fully saturated rings. The molecule has 110 valence electrons. The van der Waals surface area contributed by atoms with Crippen molar-refractivity contribution in [3.8, 4) is 0 Å². The first-order valence-electron chi connectivity index (χ1n) is 7.15. The van der Waals surface area contributed by atoms with Gasteiger partial charge in [-0.05, 0) is 37.5 Å². The summed E-state index contributed by atoms with van der Waals surface area (Å²) in [7, 11) is 0. The Morgan fingerprint density at radius 1 is 1.14 bits per heavy atom. The van der Waals surface area contributed by atoms with E-state index in [1.807, 2.05) is 19.1 Å². The average Bonchev–Trinajstić information content (AvgIpc) is 3.02. The fourth-order valence-corrected chi connectivity index (χ4v) is 2.43. The van der Waals surface area contributed by atoms with Gasteiger partial charge in [0.25, 0.3) is 0 Å². The number of hydrogen-bond donors (Lipinski definition) is 2. The first kappa shape index (κ1) is 13.5. The van der Waals surface area contributed by atoms with Gasteiger partial charge in [-0.2, -0.15) is 15.0 Å². The van der Waals surface area contributed by atoms with Gasteiger partial charge in [-0.25, -0.2) is 0 Å². The van der Waals surface area contributed by atoms with Crippen LogP contribution >= 0.6 is 0 Å². The lowest BCUT2D eigenvalue weighted by Gasteiger charge is -2.18. The van der Waals surface area contributed by atoms with E-state index in [9.17, 15) is 0 Å². The molecule has 7 heteroatoms. The first-order chi connectivity index (χ1) is 10.2. The van der Waals surface area contributed by atoms with Gasteiger partial charge in [0.05, 0.1) is 6.04 Å². The summed E-state index contributed by atoms with van der Waals surface area (Å²) in [5.74, 6) is 1.41. The Morgan fingerprint density at radius 2 is 1.86 bits per heavy atom. The third kappa shape index (κ3) is 3.18.